The monoisotopic (exact) mass is 246 g/mol. The van der Waals surface area contributed by atoms with Crippen LogP contribution in [0.1, 0.15) is 19.3 Å². The van der Waals surface area contributed by atoms with Gasteiger partial charge in [-0.25, -0.2) is 0 Å². The van der Waals surface area contributed by atoms with E-state index in [1.54, 1.807) is 11.9 Å². The van der Waals surface area contributed by atoms with Gasteiger partial charge in [0.15, 0.2) is 5.60 Å². The number of carbonyl (C=O) groups is 1. The molecule has 94 valence electrons. The van der Waals surface area contributed by atoms with Crippen LogP contribution in [-0.2, 0) is 4.79 Å². The number of nitrogens with zero attached hydrogens (tertiary/aromatic N) is 1. The highest BCUT2D eigenvalue weighted by Gasteiger charge is 2.40. The molecule has 1 aliphatic rings. The molecule has 1 amide bonds. The topological polar surface area (TPSA) is 52.6 Å². The molecule has 0 aromatic carbocycles. The van der Waals surface area contributed by atoms with Gasteiger partial charge in [-0.3, -0.25) is 4.79 Å². The van der Waals surface area contributed by atoms with Gasteiger partial charge in [0.1, 0.15) is 0 Å². The lowest BCUT2D eigenvalue weighted by Crippen LogP contribution is -2.56. The molecule has 1 saturated heterocycles. The lowest BCUT2D eigenvalue weighted by molar-refractivity contribution is -0.154. The number of rotatable bonds is 6. The van der Waals surface area contributed by atoms with E-state index >= 15 is 0 Å². The summed E-state index contributed by atoms with van der Waals surface area (Å²) in [6, 6.07) is 0. The van der Waals surface area contributed by atoms with Crippen LogP contribution in [-0.4, -0.2) is 60.2 Å². The second-order valence-corrected chi connectivity index (χ2v) is 5.37. The Morgan fingerprint density at radius 1 is 1.62 bits per heavy atom. The van der Waals surface area contributed by atoms with Crippen LogP contribution < -0.4 is 5.32 Å². The van der Waals surface area contributed by atoms with Crippen LogP contribution in [0.2, 0.25) is 0 Å². The van der Waals surface area contributed by atoms with Crippen molar-refractivity contribution in [3.8, 4) is 0 Å². The first kappa shape index (κ1) is 13.8. The molecule has 1 aliphatic heterocycles. The van der Waals surface area contributed by atoms with Crippen molar-refractivity contribution in [1.29, 1.82) is 0 Å². The molecule has 0 aromatic rings. The van der Waals surface area contributed by atoms with Gasteiger partial charge >= 0.3 is 0 Å². The summed E-state index contributed by atoms with van der Waals surface area (Å²) >= 11 is 1.81. The van der Waals surface area contributed by atoms with Gasteiger partial charge in [-0.1, -0.05) is 0 Å². The summed E-state index contributed by atoms with van der Waals surface area (Å²) in [4.78, 5) is 13.4. The Balaban J connectivity index is 2.30. The minimum absolute atomic E-state index is 0.142. The summed E-state index contributed by atoms with van der Waals surface area (Å²) in [6.07, 6.45) is 4.60. The number of hydrogen-bond donors (Lipinski definition) is 2. The van der Waals surface area contributed by atoms with E-state index in [0.717, 1.165) is 31.7 Å². The van der Waals surface area contributed by atoms with Gasteiger partial charge in [0, 0.05) is 20.1 Å². The smallest absolute Gasteiger partial charge is 0.255 e. The van der Waals surface area contributed by atoms with E-state index in [-0.39, 0.29) is 5.91 Å². The summed E-state index contributed by atoms with van der Waals surface area (Å²) in [7, 11) is 1.75. The average molecular weight is 246 g/mol. The summed E-state index contributed by atoms with van der Waals surface area (Å²) < 4.78 is 0. The van der Waals surface area contributed by atoms with Crippen LogP contribution >= 0.6 is 11.8 Å². The molecule has 1 unspecified atom stereocenters. The van der Waals surface area contributed by atoms with E-state index in [9.17, 15) is 9.90 Å². The van der Waals surface area contributed by atoms with Crippen LogP contribution in [0, 0.1) is 0 Å². The van der Waals surface area contributed by atoms with Gasteiger partial charge in [-0.15, -0.1) is 0 Å². The Bertz CT molecular complexity index is 238. The molecular weight excluding hydrogens is 224 g/mol. The van der Waals surface area contributed by atoms with Crippen LogP contribution in [0.4, 0.5) is 0 Å². The largest absolute Gasteiger partial charge is 0.379 e. The molecule has 0 radical (unpaired) electrons. The molecule has 1 rings (SSSR count). The maximum absolute atomic E-state index is 11.8. The van der Waals surface area contributed by atoms with Crippen molar-refractivity contribution in [2.75, 3.05) is 38.7 Å². The van der Waals surface area contributed by atoms with E-state index in [1.807, 2.05) is 11.8 Å². The van der Waals surface area contributed by atoms with Crippen LogP contribution in [0.5, 0.6) is 0 Å². The van der Waals surface area contributed by atoms with Crippen LogP contribution in [0.3, 0.4) is 0 Å². The van der Waals surface area contributed by atoms with Gasteiger partial charge in [0.2, 0.25) is 0 Å². The number of thioether (sulfide) groups is 1. The molecule has 4 nitrogen and oxygen atoms in total. The van der Waals surface area contributed by atoms with Crippen molar-refractivity contribution in [2.45, 2.75) is 24.9 Å². The van der Waals surface area contributed by atoms with Gasteiger partial charge in [0.05, 0.1) is 0 Å². The first-order valence-electron chi connectivity index (χ1n) is 5.78. The molecule has 1 atom stereocenters. The lowest BCUT2D eigenvalue weighted by atomic mass is 9.92. The van der Waals surface area contributed by atoms with Crippen LogP contribution in [0.15, 0.2) is 0 Å². The molecule has 16 heavy (non-hydrogen) atoms. The summed E-state index contributed by atoms with van der Waals surface area (Å²) in [6.45, 7) is 2.00. The number of nitrogens with one attached hydrogen (secondary N) is 1. The second kappa shape index (κ2) is 6.47. The van der Waals surface area contributed by atoms with Crippen molar-refractivity contribution in [2.24, 2.45) is 0 Å². The quantitative estimate of drug-likeness (QED) is 0.663. The van der Waals surface area contributed by atoms with Crippen molar-refractivity contribution >= 4 is 17.7 Å². The van der Waals surface area contributed by atoms with E-state index in [0.29, 0.717) is 13.0 Å². The van der Waals surface area contributed by atoms with E-state index in [4.69, 9.17) is 0 Å². The van der Waals surface area contributed by atoms with Crippen molar-refractivity contribution in [3.63, 3.8) is 0 Å². The Hall–Kier alpha value is -0.260. The van der Waals surface area contributed by atoms with E-state index in [2.05, 4.69) is 11.6 Å². The number of likely N-dealkylation sites (N-methyl/N-ethyl adjacent to an activating group) is 1. The van der Waals surface area contributed by atoms with Crippen molar-refractivity contribution in [1.82, 2.24) is 10.2 Å². The fourth-order valence-electron chi connectivity index (χ4n) is 1.97. The Morgan fingerprint density at radius 2 is 2.38 bits per heavy atom. The molecule has 1 fully saturated rings. The molecule has 0 saturated carbocycles. The molecule has 2 N–H and O–H groups in total. The molecule has 0 aromatic heterocycles. The van der Waals surface area contributed by atoms with E-state index in [1.165, 1.54) is 0 Å². The molecule has 1 heterocycles. The molecular formula is C11H22N2O2S. The number of likely N-dealkylation sites (tertiary alicyclic amines) is 1. The third kappa shape index (κ3) is 3.64. The summed E-state index contributed by atoms with van der Waals surface area (Å²) in [5.41, 5.74) is -1.17. The first-order valence-corrected chi connectivity index (χ1v) is 7.17. The highest BCUT2D eigenvalue weighted by atomic mass is 32.2. The minimum atomic E-state index is -1.17. The van der Waals surface area contributed by atoms with E-state index < -0.39 is 5.60 Å². The summed E-state index contributed by atoms with van der Waals surface area (Å²) in [5, 5.41) is 13.4. The van der Waals surface area contributed by atoms with Gasteiger partial charge in [-0.2, -0.15) is 11.8 Å². The molecule has 0 aliphatic carbocycles. The zero-order chi connectivity index (χ0) is 12.0. The van der Waals surface area contributed by atoms with Gasteiger partial charge in [0.25, 0.3) is 5.91 Å². The molecule has 5 heteroatoms. The van der Waals surface area contributed by atoms with Gasteiger partial charge < -0.3 is 15.3 Å². The zero-order valence-corrected chi connectivity index (χ0v) is 11.0. The average Bonchev–Trinajstić information content (AvgIpc) is 2.26. The predicted molar refractivity (Wildman–Crippen MR) is 67.7 cm³/mol. The zero-order valence-electron chi connectivity index (χ0n) is 10.2. The number of piperidine rings is 1. The second-order valence-electron chi connectivity index (χ2n) is 4.38. The predicted octanol–water partition coefficient (Wildman–Crippen LogP) is 0.312. The maximum Gasteiger partial charge on any atom is 0.255 e. The lowest BCUT2D eigenvalue weighted by Gasteiger charge is -2.36. The summed E-state index contributed by atoms with van der Waals surface area (Å²) in [5.74, 6) is 0.968. The Morgan fingerprint density at radius 3 is 3.06 bits per heavy atom. The minimum Gasteiger partial charge on any atom is -0.379 e. The fraction of sp³-hybridized carbons (Fsp3) is 0.909. The van der Waals surface area contributed by atoms with Crippen molar-refractivity contribution in [3.05, 3.63) is 0 Å². The first-order chi connectivity index (χ1) is 7.60. The van der Waals surface area contributed by atoms with Crippen LogP contribution in [0.25, 0.3) is 0 Å². The third-order valence-electron chi connectivity index (χ3n) is 2.95. The highest BCUT2D eigenvalue weighted by molar-refractivity contribution is 7.98. The fourth-order valence-corrected chi connectivity index (χ4v) is 2.41. The number of hydrogen-bond acceptors (Lipinski definition) is 4. The van der Waals surface area contributed by atoms with Crippen molar-refractivity contribution < 1.29 is 9.90 Å². The standard InChI is InChI=1S/C11H22N2O2S/c1-13-7-3-5-11(15,10(13)14)9-12-6-4-8-16-2/h12,15H,3-9H2,1-2H3. The van der Waals surface area contributed by atoms with Gasteiger partial charge in [-0.05, 0) is 37.8 Å². The number of amides is 1. The maximum atomic E-state index is 11.8. The number of aliphatic hydroxyl groups is 1. The normalized spacial score (nSPS) is 26.2. The molecule has 0 bridgehead atoms. The highest BCUT2D eigenvalue weighted by Crippen LogP contribution is 2.20. The number of carbonyl (C=O) groups excluding carboxylic acids is 1. The molecule has 0 spiro atoms. The third-order valence-corrected chi connectivity index (χ3v) is 3.65. The Labute approximate surface area is 102 Å². The SMILES string of the molecule is CSCCCNCC1(O)CCCN(C)C1=O. The Kier molecular flexibility index (Phi) is 5.58.